The zero-order chi connectivity index (χ0) is 12.4. The standard InChI is InChI=1S/C12H18N2O3/c1-13-7-12(17)14(8-11(13)16)6-10(15)9-4-2-3-5-9/h9H,2-8H2,1H3. The minimum Gasteiger partial charge on any atom is -0.335 e. The smallest absolute Gasteiger partial charge is 0.243 e. The highest BCUT2D eigenvalue weighted by Crippen LogP contribution is 2.25. The summed E-state index contributed by atoms with van der Waals surface area (Å²) in [6.45, 7) is 0.258. The van der Waals surface area contributed by atoms with Crippen molar-refractivity contribution in [3.63, 3.8) is 0 Å². The van der Waals surface area contributed by atoms with Gasteiger partial charge >= 0.3 is 0 Å². The molecule has 0 aromatic carbocycles. The molecule has 2 fully saturated rings. The molecule has 5 heteroatoms. The average molecular weight is 238 g/mol. The first-order chi connectivity index (χ1) is 8.08. The van der Waals surface area contributed by atoms with Crippen molar-refractivity contribution in [2.75, 3.05) is 26.7 Å². The lowest BCUT2D eigenvalue weighted by Crippen LogP contribution is -2.53. The van der Waals surface area contributed by atoms with E-state index in [2.05, 4.69) is 0 Å². The van der Waals surface area contributed by atoms with E-state index >= 15 is 0 Å². The number of nitrogens with zero attached hydrogens (tertiary/aromatic N) is 2. The lowest BCUT2D eigenvalue weighted by atomic mass is 10.0. The van der Waals surface area contributed by atoms with Crippen LogP contribution >= 0.6 is 0 Å². The molecule has 1 aliphatic heterocycles. The van der Waals surface area contributed by atoms with E-state index in [9.17, 15) is 14.4 Å². The Hall–Kier alpha value is -1.39. The summed E-state index contributed by atoms with van der Waals surface area (Å²) in [5.74, 6) is 0.00744. The summed E-state index contributed by atoms with van der Waals surface area (Å²) in [7, 11) is 1.61. The van der Waals surface area contributed by atoms with Gasteiger partial charge in [-0.2, -0.15) is 0 Å². The molecule has 0 spiro atoms. The van der Waals surface area contributed by atoms with Gasteiger partial charge in [-0.05, 0) is 12.8 Å². The van der Waals surface area contributed by atoms with Crippen molar-refractivity contribution in [2.45, 2.75) is 25.7 Å². The van der Waals surface area contributed by atoms with Crippen LogP contribution in [0.2, 0.25) is 0 Å². The van der Waals surface area contributed by atoms with Gasteiger partial charge < -0.3 is 9.80 Å². The molecule has 0 aromatic rings. The van der Waals surface area contributed by atoms with Crippen LogP contribution in [0.1, 0.15) is 25.7 Å². The molecule has 0 radical (unpaired) electrons. The van der Waals surface area contributed by atoms with Gasteiger partial charge in [0.2, 0.25) is 11.8 Å². The van der Waals surface area contributed by atoms with Crippen LogP contribution in [0.25, 0.3) is 0 Å². The van der Waals surface area contributed by atoms with E-state index in [1.165, 1.54) is 9.80 Å². The van der Waals surface area contributed by atoms with E-state index < -0.39 is 0 Å². The van der Waals surface area contributed by atoms with Gasteiger partial charge in [-0.25, -0.2) is 0 Å². The molecule has 2 rings (SSSR count). The van der Waals surface area contributed by atoms with E-state index in [0.717, 1.165) is 25.7 Å². The summed E-state index contributed by atoms with van der Waals surface area (Å²) in [4.78, 5) is 37.9. The number of Topliss-reactive ketones (excluding diaryl/α,β-unsaturated/α-hetero) is 1. The average Bonchev–Trinajstić information content (AvgIpc) is 2.79. The Bertz CT molecular complexity index is 348. The van der Waals surface area contributed by atoms with Gasteiger partial charge in [-0.1, -0.05) is 12.8 Å². The summed E-state index contributed by atoms with van der Waals surface area (Å²) in [6, 6.07) is 0. The first-order valence-electron chi connectivity index (χ1n) is 6.12. The predicted octanol–water partition coefficient (Wildman–Crippen LogP) is 0.0463. The molecule has 1 aliphatic carbocycles. The number of ketones is 1. The molecule has 5 nitrogen and oxygen atoms in total. The quantitative estimate of drug-likeness (QED) is 0.698. The number of hydrogen-bond donors (Lipinski definition) is 0. The third kappa shape index (κ3) is 2.65. The summed E-state index contributed by atoms with van der Waals surface area (Å²) in [6.07, 6.45) is 4.08. The largest absolute Gasteiger partial charge is 0.335 e. The van der Waals surface area contributed by atoms with Crippen molar-refractivity contribution in [3.8, 4) is 0 Å². The minimum atomic E-state index is -0.126. The molecule has 1 heterocycles. The molecule has 0 N–H and O–H groups in total. The van der Waals surface area contributed by atoms with E-state index in [-0.39, 0.29) is 43.1 Å². The normalized spacial score (nSPS) is 22.4. The second kappa shape index (κ2) is 4.85. The first kappa shape index (κ1) is 12.1. The molecule has 0 unspecified atom stereocenters. The van der Waals surface area contributed by atoms with E-state index in [1.54, 1.807) is 7.05 Å². The molecule has 0 aromatic heterocycles. The number of carbonyl (C=O) groups is 3. The molecule has 1 saturated carbocycles. The van der Waals surface area contributed by atoms with Crippen LogP contribution in [0.4, 0.5) is 0 Å². The Labute approximate surface area is 101 Å². The molecular formula is C12H18N2O3. The number of amides is 2. The van der Waals surface area contributed by atoms with Gasteiger partial charge in [0, 0.05) is 13.0 Å². The van der Waals surface area contributed by atoms with Crippen LogP contribution in [0.15, 0.2) is 0 Å². The third-order valence-corrected chi connectivity index (χ3v) is 3.63. The highest BCUT2D eigenvalue weighted by molar-refractivity contribution is 5.95. The second-order valence-electron chi connectivity index (χ2n) is 4.95. The SMILES string of the molecule is CN1CC(=O)N(CC(=O)C2CCCC2)CC1=O. The molecule has 1 saturated heterocycles. The Morgan fingerprint density at radius 1 is 1.18 bits per heavy atom. The van der Waals surface area contributed by atoms with E-state index in [4.69, 9.17) is 0 Å². The fourth-order valence-corrected chi connectivity index (χ4v) is 2.47. The van der Waals surface area contributed by atoms with Gasteiger partial charge in [0.05, 0.1) is 13.1 Å². The first-order valence-corrected chi connectivity index (χ1v) is 6.12. The Balaban J connectivity index is 1.91. The van der Waals surface area contributed by atoms with E-state index in [1.807, 2.05) is 0 Å². The lowest BCUT2D eigenvalue weighted by molar-refractivity contribution is -0.150. The van der Waals surface area contributed by atoms with Crippen molar-refractivity contribution >= 4 is 17.6 Å². The molecule has 17 heavy (non-hydrogen) atoms. The van der Waals surface area contributed by atoms with Crippen molar-refractivity contribution < 1.29 is 14.4 Å². The lowest BCUT2D eigenvalue weighted by Gasteiger charge is -2.31. The van der Waals surface area contributed by atoms with Crippen LogP contribution in [0, 0.1) is 5.92 Å². The minimum absolute atomic E-state index is 0.0494. The van der Waals surface area contributed by atoms with Crippen LogP contribution < -0.4 is 0 Å². The van der Waals surface area contributed by atoms with Crippen LogP contribution in [-0.4, -0.2) is 54.1 Å². The van der Waals surface area contributed by atoms with Crippen LogP contribution in [0.5, 0.6) is 0 Å². The van der Waals surface area contributed by atoms with Crippen molar-refractivity contribution in [3.05, 3.63) is 0 Å². The summed E-state index contributed by atoms with van der Waals surface area (Å²) >= 11 is 0. The predicted molar refractivity (Wildman–Crippen MR) is 61.2 cm³/mol. The highest BCUT2D eigenvalue weighted by atomic mass is 16.2. The maximum absolute atomic E-state index is 11.9. The maximum Gasteiger partial charge on any atom is 0.243 e. The highest BCUT2D eigenvalue weighted by Gasteiger charge is 2.31. The summed E-state index contributed by atoms with van der Waals surface area (Å²) in [5, 5.41) is 0. The Kier molecular flexibility index (Phi) is 3.45. The van der Waals surface area contributed by atoms with Gasteiger partial charge in [0.1, 0.15) is 6.54 Å². The van der Waals surface area contributed by atoms with Crippen LogP contribution in [-0.2, 0) is 14.4 Å². The monoisotopic (exact) mass is 238 g/mol. The zero-order valence-electron chi connectivity index (χ0n) is 10.1. The number of piperazine rings is 1. The topological polar surface area (TPSA) is 57.7 Å². The Morgan fingerprint density at radius 2 is 1.82 bits per heavy atom. The number of likely N-dealkylation sites (N-methyl/N-ethyl adjacent to an activating group) is 1. The third-order valence-electron chi connectivity index (χ3n) is 3.63. The van der Waals surface area contributed by atoms with Crippen molar-refractivity contribution in [1.29, 1.82) is 0 Å². The number of hydrogen-bond acceptors (Lipinski definition) is 3. The molecule has 2 aliphatic rings. The zero-order valence-corrected chi connectivity index (χ0v) is 10.1. The Morgan fingerprint density at radius 3 is 2.47 bits per heavy atom. The van der Waals surface area contributed by atoms with Gasteiger partial charge in [-0.3, -0.25) is 14.4 Å². The van der Waals surface area contributed by atoms with Crippen molar-refractivity contribution in [2.24, 2.45) is 5.92 Å². The fraction of sp³-hybridized carbons (Fsp3) is 0.750. The number of rotatable bonds is 3. The molecule has 0 atom stereocenters. The summed E-state index contributed by atoms with van der Waals surface area (Å²) < 4.78 is 0. The molecule has 2 amide bonds. The molecule has 0 bridgehead atoms. The van der Waals surface area contributed by atoms with Gasteiger partial charge in [0.15, 0.2) is 5.78 Å². The van der Waals surface area contributed by atoms with Crippen molar-refractivity contribution in [1.82, 2.24) is 9.80 Å². The maximum atomic E-state index is 11.9. The molecular weight excluding hydrogens is 220 g/mol. The van der Waals surface area contributed by atoms with Gasteiger partial charge in [-0.15, -0.1) is 0 Å². The van der Waals surface area contributed by atoms with Gasteiger partial charge in [0.25, 0.3) is 0 Å². The second-order valence-corrected chi connectivity index (χ2v) is 4.95. The fourth-order valence-electron chi connectivity index (χ4n) is 2.47. The summed E-state index contributed by atoms with van der Waals surface area (Å²) in [5.41, 5.74) is 0. The number of carbonyl (C=O) groups excluding carboxylic acids is 3. The molecule has 94 valence electrons. The van der Waals surface area contributed by atoms with Crippen LogP contribution in [0.3, 0.4) is 0 Å². The van der Waals surface area contributed by atoms with E-state index in [0.29, 0.717) is 0 Å².